The quantitative estimate of drug-likeness (QED) is 0.864. The largest absolute Gasteiger partial charge is 0.506 e. The van der Waals surface area contributed by atoms with E-state index in [1.54, 1.807) is 0 Å². The molecule has 2 saturated heterocycles. The van der Waals surface area contributed by atoms with E-state index in [9.17, 15) is 9.50 Å². The SMILES string of the molecule is CC1OC(=Nc2cc(O)c(Cl)cc2F)N2CCCCC12. The third-order valence-corrected chi connectivity index (χ3v) is 4.16. The van der Waals surface area contributed by atoms with E-state index in [4.69, 9.17) is 16.3 Å². The zero-order valence-electron chi connectivity index (χ0n) is 11.1. The third-order valence-electron chi connectivity index (χ3n) is 3.86. The summed E-state index contributed by atoms with van der Waals surface area (Å²) in [5, 5.41) is 9.54. The van der Waals surface area contributed by atoms with E-state index in [0.29, 0.717) is 12.1 Å². The number of piperidine rings is 1. The molecule has 6 heteroatoms. The van der Waals surface area contributed by atoms with Crippen LogP contribution < -0.4 is 0 Å². The van der Waals surface area contributed by atoms with Crippen LogP contribution in [0.3, 0.4) is 0 Å². The Balaban J connectivity index is 1.94. The molecule has 0 aromatic heterocycles. The van der Waals surface area contributed by atoms with Gasteiger partial charge in [-0.25, -0.2) is 4.39 Å². The molecule has 1 N–H and O–H groups in total. The predicted octanol–water partition coefficient (Wildman–Crippen LogP) is 3.45. The molecule has 1 aromatic carbocycles. The van der Waals surface area contributed by atoms with Crippen molar-refractivity contribution in [2.45, 2.75) is 38.3 Å². The average Bonchev–Trinajstić information content (AvgIpc) is 2.74. The Morgan fingerprint density at radius 2 is 2.25 bits per heavy atom. The van der Waals surface area contributed by atoms with Gasteiger partial charge in [-0.3, -0.25) is 0 Å². The topological polar surface area (TPSA) is 45.1 Å². The number of aromatic hydroxyl groups is 1. The summed E-state index contributed by atoms with van der Waals surface area (Å²) in [4.78, 5) is 6.30. The third kappa shape index (κ3) is 2.30. The molecule has 20 heavy (non-hydrogen) atoms. The van der Waals surface area contributed by atoms with Crippen molar-refractivity contribution >= 4 is 23.3 Å². The van der Waals surface area contributed by atoms with E-state index < -0.39 is 5.82 Å². The fourth-order valence-electron chi connectivity index (χ4n) is 2.80. The zero-order valence-corrected chi connectivity index (χ0v) is 11.9. The Bertz CT molecular complexity index is 564. The van der Waals surface area contributed by atoms with Crippen LogP contribution in [0.5, 0.6) is 5.75 Å². The molecule has 2 fully saturated rings. The summed E-state index contributed by atoms with van der Waals surface area (Å²) in [7, 11) is 0. The second-order valence-electron chi connectivity index (χ2n) is 5.23. The van der Waals surface area contributed by atoms with Gasteiger partial charge in [0.2, 0.25) is 0 Å². The maximum atomic E-state index is 13.8. The van der Waals surface area contributed by atoms with E-state index in [1.165, 1.54) is 12.5 Å². The maximum absolute atomic E-state index is 13.8. The number of aliphatic imine (C=N–C) groups is 1. The molecule has 2 heterocycles. The Hall–Kier alpha value is -1.49. The number of nitrogens with zero attached hydrogens (tertiary/aromatic N) is 2. The van der Waals surface area contributed by atoms with Gasteiger partial charge in [0.05, 0.1) is 11.1 Å². The number of ether oxygens (including phenoxy) is 1. The second-order valence-corrected chi connectivity index (χ2v) is 5.64. The highest BCUT2D eigenvalue weighted by Crippen LogP contribution is 2.33. The van der Waals surface area contributed by atoms with Crippen molar-refractivity contribution in [1.29, 1.82) is 0 Å². The first kappa shape index (κ1) is 13.5. The number of hydrogen-bond donors (Lipinski definition) is 1. The molecular weight excluding hydrogens is 283 g/mol. The summed E-state index contributed by atoms with van der Waals surface area (Å²) in [5.41, 5.74) is 0.0420. The average molecular weight is 299 g/mol. The Labute approximate surface area is 121 Å². The van der Waals surface area contributed by atoms with Gasteiger partial charge in [-0.15, -0.1) is 0 Å². The fraction of sp³-hybridized carbons (Fsp3) is 0.500. The van der Waals surface area contributed by atoms with Gasteiger partial charge in [-0.1, -0.05) is 11.6 Å². The van der Waals surface area contributed by atoms with Crippen LogP contribution in [0.15, 0.2) is 17.1 Å². The summed E-state index contributed by atoms with van der Waals surface area (Å²) < 4.78 is 19.6. The number of halogens is 2. The molecular formula is C14H16ClFN2O2. The van der Waals surface area contributed by atoms with Crippen LogP contribution in [-0.4, -0.2) is 34.7 Å². The van der Waals surface area contributed by atoms with Crippen LogP contribution >= 0.6 is 11.6 Å². The second kappa shape index (κ2) is 5.13. The summed E-state index contributed by atoms with van der Waals surface area (Å²) in [6.07, 6.45) is 3.38. The van der Waals surface area contributed by atoms with Crippen molar-refractivity contribution in [2.24, 2.45) is 4.99 Å². The van der Waals surface area contributed by atoms with Crippen molar-refractivity contribution in [3.8, 4) is 5.75 Å². The number of amidine groups is 1. The lowest BCUT2D eigenvalue weighted by atomic mass is 10.0. The van der Waals surface area contributed by atoms with Crippen molar-refractivity contribution in [2.75, 3.05) is 6.54 Å². The first-order valence-electron chi connectivity index (χ1n) is 6.76. The lowest BCUT2D eigenvalue weighted by molar-refractivity contribution is 0.182. The molecule has 0 radical (unpaired) electrons. The van der Waals surface area contributed by atoms with Crippen LogP contribution in [0.1, 0.15) is 26.2 Å². The zero-order chi connectivity index (χ0) is 14.3. The summed E-state index contributed by atoms with van der Waals surface area (Å²) >= 11 is 5.66. The van der Waals surface area contributed by atoms with E-state index in [0.717, 1.165) is 25.5 Å². The predicted molar refractivity (Wildman–Crippen MR) is 75.1 cm³/mol. The number of phenolic OH excluding ortho intramolecular Hbond substituents is 1. The minimum atomic E-state index is -0.572. The Morgan fingerprint density at radius 1 is 1.45 bits per heavy atom. The minimum absolute atomic E-state index is 0.0250. The Morgan fingerprint density at radius 3 is 3.05 bits per heavy atom. The van der Waals surface area contributed by atoms with Gasteiger partial charge < -0.3 is 14.7 Å². The van der Waals surface area contributed by atoms with Gasteiger partial charge in [0.25, 0.3) is 6.02 Å². The van der Waals surface area contributed by atoms with Crippen molar-refractivity contribution in [3.05, 3.63) is 23.0 Å². The van der Waals surface area contributed by atoms with Crippen molar-refractivity contribution in [1.82, 2.24) is 4.90 Å². The van der Waals surface area contributed by atoms with E-state index in [-0.39, 0.29) is 22.6 Å². The van der Waals surface area contributed by atoms with Gasteiger partial charge in [0.1, 0.15) is 17.5 Å². The molecule has 4 nitrogen and oxygen atoms in total. The molecule has 0 amide bonds. The summed E-state index contributed by atoms with van der Waals surface area (Å²) in [5.74, 6) is -0.759. The van der Waals surface area contributed by atoms with Crippen LogP contribution in [0.25, 0.3) is 0 Å². The lowest BCUT2D eigenvalue weighted by Gasteiger charge is -2.29. The smallest absolute Gasteiger partial charge is 0.293 e. The molecule has 0 spiro atoms. The van der Waals surface area contributed by atoms with Gasteiger partial charge in [0, 0.05) is 12.6 Å². The monoisotopic (exact) mass is 298 g/mol. The molecule has 108 valence electrons. The normalized spacial score (nSPS) is 27.6. The Kier molecular flexibility index (Phi) is 3.46. The number of rotatable bonds is 1. The summed E-state index contributed by atoms with van der Waals surface area (Å²) in [6, 6.07) is 3.02. The first-order valence-corrected chi connectivity index (χ1v) is 7.14. The standard InChI is InChI=1S/C14H16ClFN2O2/c1-8-12-4-2-3-5-18(12)14(20-8)17-11-7-13(19)9(15)6-10(11)16/h6-8,12,19H,2-5H2,1H3. The molecule has 1 aromatic rings. The summed E-state index contributed by atoms with van der Waals surface area (Å²) in [6.45, 7) is 2.87. The van der Waals surface area contributed by atoms with Crippen LogP contribution in [-0.2, 0) is 4.74 Å². The van der Waals surface area contributed by atoms with E-state index in [2.05, 4.69) is 9.89 Å². The van der Waals surface area contributed by atoms with E-state index >= 15 is 0 Å². The van der Waals surface area contributed by atoms with E-state index in [1.807, 2.05) is 6.92 Å². The fourth-order valence-corrected chi connectivity index (χ4v) is 2.95. The van der Waals surface area contributed by atoms with Gasteiger partial charge in [0.15, 0.2) is 5.82 Å². The highest BCUT2D eigenvalue weighted by molar-refractivity contribution is 6.32. The van der Waals surface area contributed by atoms with Crippen LogP contribution in [0, 0.1) is 5.82 Å². The molecule has 3 rings (SSSR count). The van der Waals surface area contributed by atoms with Gasteiger partial charge >= 0.3 is 0 Å². The van der Waals surface area contributed by atoms with Crippen molar-refractivity contribution < 1.29 is 14.2 Å². The van der Waals surface area contributed by atoms with Crippen LogP contribution in [0.4, 0.5) is 10.1 Å². The maximum Gasteiger partial charge on any atom is 0.293 e. The van der Waals surface area contributed by atoms with Gasteiger partial charge in [-0.05, 0) is 32.3 Å². The number of hydrogen-bond acceptors (Lipinski definition) is 3. The molecule has 2 aliphatic heterocycles. The van der Waals surface area contributed by atoms with Gasteiger partial charge in [-0.2, -0.15) is 4.99 Å². The molecule has 0 saturated carbocycles. The number of fused-ring (bicyclic) bond motifs is 1. The lowest BCUT2D eigenvalue weighted by Crippen LogP contribution is -2.40. The molecule has 2 unspecified atom stereocenters. The number of benzene rings is 1. The highest BCUT2D eigenvalue weighted by atomic mass is 35.5. The van der Waals surface area contributed by atoms with Crippen LogP contribution in [0.2, 0.25) is 5.02 Å². The highest BCUT2D eigenvalue weighted by Gasteiger charge is 2.38. The molecule has 2 atom stereocenters. The number of phenols is 1. The molecule has 2 aliphatic rings. The first-order chi connectivity index (χ1) is 9.56. The molecule has 0 bridgehead atoms. The molecule has 0 aliphatic carbocycles. The minimum Gasteiger partial charge on any atom is -0.506 e. The van der Waals surface area contributed by atoms with Crippen molar-refractivity contribution in [3.63, 3.8) is 0 Å².